The lowest BCUT2D eigenvalue weighted by Crippen LogP contribution is -2.44. The van der Waals surface area contributed by atoms with E-state index in [1.165, 1.54) is 24.3 Å². The Hall–Kier alpha value is -1.44. The van der Waals surface area contributed by atoms with Crippen LogP contribution in [0, 0.1) is 5.92 Å². The van der Waals surface area contributed by atoms with Gasteiger partial charge in [-0.05, 0) is 18.8 Å². The molecule has 1 N–H and O–H groups in total. The van der Waals surface area contributed by atoms with Gasteiger partial charge in [0.1, 0.15) is 5.71 Å². The number of sulfone groups is 1. The highest BCUT2D eigenvalue weighted by molar-refractivity contribution is 7.91. The summed E-state index contributed by atoms with van der Waals surface area (Å²) in [7, 11) is -3.10. The number of nitrogens with zero attached hydrogens (tertiary/aromatic N) is 2. The molecule has 1 atom stereocenters. The van der Waals surface area contributed by atoms with E-state index in [0.717, 1.165) is 18.8 Å². The second-order valence-corrected chi connectivity index (χ2v) is 9.92. The molecule has 0 aromatic rings. The molecule has 2 heterocycles. The molecule has 1 fully saturated rings. The van der Waals surface area contributed by atoms with Gasteiger partial charge in [0.15, 0.2) is 9.84 Å². The van der Waals surface area contributed by atoms with Crippen LogP contribution in [0.3, 0.4) is 0 Å². The standard InChI is InChI=1S/C18H31N3O4S/c1-14(2)7-5-3-4-6-11-19-18(23)16-8-9-17(22)21(20-16)15-10-12-26(24,25)13-15/h14-15H,3-13H2,1-2H3,(H,19,23). The van der Waals surface area contributed by atoms with Crippen LogP contribution in [0.2, 0.25) is 0 Å². The van der Waals surface area contributed by atoms with Gasteiger partial charge in [-0.1, -0.05) is 39.5 Å². The number of rotatable bonds is 9. The highest BCUT2D eigenvalue weighted by Crippen LogP contribution is 2.22. The zero-order valence-electron chi connectivity index (χ0n) is 15.9. The Morgan fingerprint density at radius 1 is 1.23 bits per heavy atom. The molecule has 0 saturated carbocycles. The number of hydrazone groups is 1. The summed E-state index contributed by atoms with van der Waals surface area (Å²) in [5.41, 5.74) is 0.328. The second kappa shape index (κ2) is 9.48. The summed E-state index contributed by atoms with van der Waals surface area (Å²) in [4.78, 5) is 24.3. The van der Waals surface area contributed by atoms with E-state index in [1.807, 2.05) is 0 Å². The lowest BCUT2D eigenvalue weighted by Gasteiger charge is -2.27. The van der Waals surface area contributed by atoms with E-state index >= 15 is 0 Å². The fourth-order valence-electron chi connectivity index (χ4n) is 3.32. The van der Waals surface area contributed by atoms with Crippen LogP contribution in [0.25, 0.3) is 0 Å². The third kappa shape index (κ3) is 6.37. The Bertz CT molecular complexity index is 643. The van der Waals surface area contributed by atoms with E-state index in [0.29, 0.717) is 25.1 Å². The Kier molecular flexibility index (Phi) is 7.61. The normalized spacial score (nSPS) is 22.6. The first-order valence-corrected chi connectivity index (χ1v) is 11.5. The minimum atomic E-state index is -3.10. The Balaban J connectivity index is 1.77. The number of carbonyl (C=O) groups is 2. The highest BCUT2D eigenvalue weighted by atomic mass is 32.2. The first kappa shape index (κ1) is 20.9. The average Bonchev–Trinajstić information content (AvgIpc) is 2.93. The summed E-state index contributed by atoms with van der Waals surface area (Å²) in [6.07, 6.45) is 6.57. The minimum Gasteiger partial charge on any atom is -0.351 e. The molecule has 0 aromatic heterocycles. The number of carbonyl (C=O) groups excluding carboxylic acids is 2. The number of nitrogens with one attached hydrogen (secondary N) is 1. The molecule has 0 spiro atoms. The number of hydrogen-bond donors (Lipinski definition) is 1. The molecule has 26 heavy (non-hydrogen) atoms. The average molecular weight is 386 g/mol. The van der Waals surface area contributed by atoms with E-state index < -0.39 is 15.9 Å². The van der Waals surface area contributed by atoms with Gasteiger partial charge in [0, 0.05) is 19.4 Å². The molecule has 1 unspecified atom stereocenters. The second-order valence-electron chi connectivity index (χ2n) is 7.69. The molecule has 2 rings (SSSR count). The van der Waals surface area contributed by atoms with Crippen molar-refractivity contribution in [1.82, 2.24) is 10.3 Å². The molecule has 0 radical (unpaired) electrons. The van der Waals surface area contributed by atoms with Crippen LogP contribution < -0.4 is 5.32 Å². The van der Waals surface area contributed by atoms with Crippen LogP contribution in [0.15, 0.2) is 5.10 Å². The summed E-state index contributed by atoms with van der Waals surface area (Å²) in [5.74, 6) is 0.307. The summed E-state index contributed by atoms with van der Waals surface area (Å²) < 4.78 is 23.3. The van der Waals surface area contributed by atoms with Gasteiger partial charge in [0.25, 0.3) is 5.91 Å². The number of unbranched alkanes of at least 4 members (excludes halogenated alkanes) is 3. The molecule has 0 bridgehead atoms. The SMILES string of the molecule is CC(C)CCCCCCNC(=O)C1=NN(C2CCS(=O)(=O)C2)C(=O)CC1. The molecule has 1 saturated heterocycles. The van der Waals surface area contributed by atoms with E-state index in [4.69, 9.17) is 0 Å². The molecule has 0 aliphatic carbocycles. The molecule has 2 amide bonds. The largest absolute Gasteiger partial charge is 0.351 e. The fraction of sp³-hybridized carbons (Fsp3) is 0.833. The Morgan fingerprint density at radius 3 is 2.62 bits per heavy atom. The maximum atomic E-state index is 12.3. The van der Waals surface area contributed by atoms with Crippen molar-refractivity contribution in [2.75, 3.05) is 18.1 Å². The summed E-state index contributed by atoms with van der Waals surface area (Å²) in [6, 6.07) is -0.434. The quantitative estimate of drug-likeness (QED) is 0.613. The van der Waals surface area contributed by atoms with Gasteiger partial charge in [0.2, 0.25) is 5.91 Å². The topological polar surface area (TPSA) is 95.9 Å². The van der Waals surface area contributed by atoms with E-state index in [9.17, 15) is 18.0 Å². The van der Waals surface area contributed by atoms with Gasteiger partial charge < -0.3 is 5.32 Å². The first-order valence-electron chi connectivity index (χ1n) is 9.66. The molecule has 7 nitrogen and oxygen atoms in total. The molecular weight excluding hydrogens is 354 g/mol. The van der Waals surface area contributed by atoms with Gasteiger partial charge in [-0.3, -0.25) is 9.59 Å². The van der Waals surface area contributed by atoms with Crippen molar-refractivity contribution >= 4 is 27.4 Å². The van der Waals surface area contributed by atoms with Crippen LogP contribution in [0.4, 0.5) is 0 Å². The summed E-state index contributed by atoms with van der Waals surface area (Å²) >= 11 is 0. The maximum Gasteiger partial charge on any atom is 0.267 e. The minimum absolute atomic E-state index is 0.0620. The van der Waals surface area contributed by atoms with Crippen molar-refractivity contribution in [2.24, 2.45) is 11.0 Å². The lowest BCUT2D eigenvalue weighted by atomic mass is 10.0. The van der Waals surface area contributed by atoms with Crippen molar-refractivity contribution < 1.29 is 18.0 Å². The predicted octanol–water partition coefficient (Wildman–Crippen LogP) is 1.87. The van der Waals surface area contributed by atoms with Crippen molar-refractivity contribution in [1.29, 1.82) is 0 Å². The maximum absolute atomic E-state index is 12.3. The van der Waals surface area contributed by atoms with Gasteiger partial charge in [-0.25, -0.2) is 13.4 Å². The molecular formula is C18H31N3O4S. The lowest BCUT2D eigenvalue weighted by molar-refractivity contribution is -0.133. The van der Waals surface area contributed by atoms with Gasteiger partial charge in [-0.2, -0.15) is 5.10 Å². The monoisotopic (exact) mass is 385 g/mol. The first-order chi connectivity index (χ1) is 12.3. The van der Waals surface area contributed by atoms with Crippen LogP contribution in [0.5, 0.6) is 0 Å². The smallest absolute Gasteiger partial charge is 0.267 e. The zero-order chi connectivity index (χ0) is 19.2. The predicted molar refractivity (Wildman–Crippen MR) is 102 cm³/mol. The van der Waals surface area contributed by atoms with Crippen LogP contribution >= 0.6 is 0 Å². The van der Waals surface area contributed by atoms with Crippen LogP contribution in [-0.4, -0.2) is 55.0 Å². The van der Waals surface area contributed by atoms with E-state index in [-0.39, 0.29) is 29.7 Å². The highest BCUT2D eigenvalue weighted by Gasteiger charge is 2.37. The zero-order valence-corrected chi connectivity index (χ0v) is 16.7. The van der Waals surface area contributed by atoms with Crippen molar-refractivity contribution in [3.63, 3.8) is 0 Å². The van der Waals surface area contributed by atoms with E-state index in [2.05, 4.69) is 24.3 Å². The molecule has 2 aliphatic rings. The number of amides is 2. The Labute approximate surface area is 156 Å². The fourth-order valence-corrected chi connectivity index (χ4v) is 5.02. The number of hydrogen-bond acceptors (Lipinski definition) is 5. The third-order valence-corrected chi connectivity index (χ3v) is 6.62. The molecule has 8 heteroatoms. The van der Waals surface area contributed by atoms with Crippen LogP contribution in [0.1, 0.15) is 65.2 Å². The molecule has 0 aromatic carbocycles. The van der Waals surface area contributed by atoms with E-state index in [1.54, 1.807) is 0 Å². The molecule has 2 aliphatic heterocycles. The third-order valence-electron chi connectivity index (χ3n) is 4.87. The Morgan fingerprint density at radius 2 is 1.96 bits per heavy atom. The van der Waals surface area contributed by atoms with Crippen LogP contribution in [-0.2, 0) is 19.4 Å². The van der Waals surface area contributed by atoms with Gasteiger partial charge >= 0.3 is 0 Å². The van der Waals surface area contributed by atoms with Gasteiger partial charge in [0.05, 0.1) is 17.5 Å². The van der Waals surface area contributed by atoms with Crippen molar-refractivity contribution in [3.8, 4) is 0 Å². The van der Waals surface area contributed by atoms with Crippen molar-refractivity contribution in [2.45, 2.75) is 71.3 Å². The van der Waals surface area contributed by atoms with Crippen molar-refractivity contribution in [3.05, 3.63) is 0 Å². The summed E-state index contributed by atoms with van der Waals surface area (Å²) in [5, 5.41) is 8.28. The molecule has 148 valence electrons. The van der Waals surface area contributed by atoms with Gasteiger partial charge in [-0.15, -0.1) is 0 Å². The summed E-state index contributed by atoms with van der Waals surface area (Å²) in [6.45, 7) is 5.05.